The van der Waals surface area contributed by atoms with Gasteiger partial charge in [0, 0.05) is 5.92 Å². The number of fused-ring (bicyclic) bond motifs is 1. The van der Waals surface area contributed by atoms with E-state index in [9.17, 15) is 15.8 Å². The van der Waals surface area contributed by atoms with Crippen molar-refractivity contribution >= 4 is 0 Å². The number of rotatable bonds is 2. The van der Waals surface area contributed by atoms with Gasteiger partial charge in [0.1, 0.15) is 6.07 Å². The van der Waals surface area contributed by atoms with Crippen LogP contribution in [-0.4, -0.2) is 0 Å². The fourth-order valence-electron chi connectivity index (χ4n) is 3.82. The van der Waals surface area contributed by atoms with Gasteiger partial charge in [0.25, 0.3) is 0 Å². The van der Waals surface area contributed by atoms with Gasteiger partial charge in [-0.05, 0) is 36.7 Å². The first-order chi connectivity index (χ1) is 10.1. The maximum atomic E-state index is 9.66. The van der Waals surface area contributed by atoms with E-state index in [0.717, 1.165) is 31.3 Å². The highest BCUT2D eigenvalue weighted by molar-refractivity contribution is 5.56. The molecule has 0 aromatic carbocycles. The molecule has 2 aliphatic carbocycles. The zero-order valence-corrected chi connectivity index (χ0v) is 12.6. The second-order valence-electron chi connectivity index (χ2n) is 6.17. The molecule has 3 atom stereocenters. The van der Waals surface area contributed by atoms with Crippen molar-refractivity contribution in [2.45, 2.75) is 39.5 Å². The van der Waals surface area contributed by atoms with Crippen molar-refractivity contribution in [1.82, 2.24) is 0 Å². The Balaban J connectivity index is 2.71. The number of hydrogen-bond acceptors (Lipinski definition) is 4. The Morgan fingerprint density at radius 1 is 1.33 bits per heavy atom. The van der Waals surface area contributed by atoms with Crippen molar-refractivity contribution in [3.63, 3.8) is 0 Å². The van der Waals surface area contributed by atoms with Crippen LogP contribution in [-0.2, 0) is 0 Å². The van der Waals surface area contributed by atoms with Crippen LogP contribution in [0, 0.1) is 57.2 Å². The summed E-state index contributed by atoms with van der Waals surface area (Å²) in [6, 6.07) is 6.42. The van der Waals surface area contributed by atoms with Crippen LogP contribution in [0.5, 0.6) is 0 Å². The van der Waals surface area contributed by atoms with Gasteiger partial charge in [-0.3, -0.25) is 0 Å². The van der Waals surface area contributed by atoms with E-state index in [1.165, 1.54) is 0 Å². The van der Waals surface area contributed by atoms with Gasteiger partial charge < -0.3 is 5.73 Å². The molecule has 21 heavy (non-hydrogen) atoms. The molecule has 2 rings (SSSR count). The molecule has 2 aliphatic rings. The zero-order valence-electron chi connectivity index (χ0n) is 12.6. The Morgan fingerprint density at radius 2 is 2.00 bits per heavy atom. The standard InChI is InChI=1S/C17H20N4/c1-3-4-15-13-7-11(2)5-6-12(13)14(8-18)16(21)17(15,9-19)10-20/h6,11,13,15H,3-5,7,21H2,1-2H3. The van der Waals surface area contributed by atoms with Crippen molar-refractivity contribution in [3.05, 3.63) is 22.9 Å². The maximum absolute atomic E-state index is 9.66. The van der Waals surface area contributed by atoms with Crippen molar-refractivity contribution in [2.75, 3.05) is 0 Å². The summed E-state index contributed by atoms with van der Waals surface area (Å²) < 4.78 is 0. The van der Waals surface area contributed by atoms with Crippen molar-refractivity contribution in [3.8, 4) is 18.2 Å². The fraction of sp³-hybridized carbons (Fsp3) is 0.588. The molecule has 0 radical (unpaired) electrons. The van der Waals surface area contributed by atoms with Crippen molar-refractivity contribution in [1.29, 1.82) is 15.8 Å². The molecular formula is C17H20N4. The first kappa shape index (κ1) is 15.1. The van der Waals surface area contributed by atoms with Crippen LogP contribution in [0.15, 0.2) is 22.9 Å². The van der Waals surface area contributed by atoms with Gasteiger partial charge in [-0.15, -0.1) is 0 Å². The Kier molecular flexibility index (Phi) is 4.06. The van der Waals surface area contributed by atoms with Crippen LogP contribution >= 0.6 is 0 Å². The summed E-state index contributed by atoms with van der Waals surface area (Å²) >= 11 is 0. The molecule has 4 nitrogen and oxygen atoms in total. The lowest BCUT2D eigenvalue weighted by molar-refractivity contribution is 0.200. The summed E-state index contributed by atoms with van der Waals surface area (Å²) in [5.74, 6) is 0.478. The van der Waals surface area contributed by atoms with E-state index >= 15 is 0 Å². The van der Waals surface area contributed by atoms with Crippen LogP contribution < -0.4 is 5.73 Å². The predicted octanol–water partition coefficient (Wildman–Crippen LogP) is 3.16. The number of nitriles is 3. The Morgan fingerprint density at radius 3 is 2.52 bits per heavy atom. The average Bonchev–Trinajstić information content (AvgIpc) is 2.49. The van der Waals surface area contributed by atoms with Crippen molar-refractivity contribution < 1.29 is 0 Å². The van der Waals surface area contributed by atoms with Gasteiger partial charge in [0.2, 0.25) is 0 Å². The number of nitrogens with two attached hydrogens (primary N) is 1. The van der Waals surface area contributed by atoms with Crippen LogP contribution in [0.3, 0.4) is 0 Å². The van der Waals surface area contributed by atoms with E-state index in [-0.39, 0.29) is 17.5 Å². The van der Waals surface area contributed by atoms with Gasteiger partial charge in [-0.25, -0.2) is 0 Å². The van der Waals surface area contributed by atoms with E-state index in [0.29, 0.717) is 11.5 Å². The third kappa shape index (κ3) is 2.10. The van der Waals surface area contributed by atoms with Gasteiger partial charge in [0.15, 0.2) is 5.41 Å². The molecule has 0 fully saturated rings. The quantitative estimate of drug-likeness (QED) is 0.840. The number of hydrogen-bond donors (Lipinski definition) is 1. The van der Waals surface area contributed by atoms with Crippen LogP contribution in [0.25, 0.3) is 0 Å². The lowest BCUT2D eigenvalue weighted by Crippen LogP contribution is -2.44. The second kappa shape index (κ2) is 5.63. The number of nitrogens with zero attached hydrogens (tertiary/aromatic N) is 3. The molecule has 2 N–H and O–H groups in total. The predicted molar refractivity (Wildman–Crippen MR) is 78.9 cm³/mol. The van der Waals surface area contributed by atoms with Crippen LogP contribution in [0.2, 0.25) is 0 Å². The molecular weight excluding hydrogens is 260 g/mol. The molecule has 108 valence electrons. The van der Waals surface area contributed by atoms with E-state index < -0.39 is 5.41 Å². The minimum absolute atomic E-state index is 0.0925. The summed E-state index contributed by atoms with van der Waals surface area (Å²) in [6.45, 7) is 4.22. The lowest BCUT2D eigenvalue weighted by Gasteiger charge is -2.44. The van der Waals surface area contributed by atoms with Crippen LogP contribution in [0.1, 0.15) is 39.5 Å². The topological polar surface area (TPSA) is 97.4 Å². The highest BCUT2D eigenvalue weighted by Crippen LogP contribution is 2.53. The van der Waals surface area contributed by atoms with Gasteiger partial charge >= 0.3 is 0 Å². The monoisotopic (exact) mass is 280 g/mol. The third-order valence-electron chi connectivity index (χ3n) is 4.88. The Hall–Kier alpha value is -2.25. The zero-order chi connectivity index (χ0) is 15.6. The summed E-state index contributed by atoms with van der Waals surface area (Å²) in [4.78, 5) is 0. The summed E-state index contributed by atoms with van der Waals surface area (Å²) in [6.07, 6.45) is 5.60. The SMILES string of the molecule is CCCC1C2CC(C)CC=C2C(C#N)=C(N)C1(C#N)C#N. The molecule has 0 saturated carbocycles. The molecule has 0 aliphatic heterocycles. The molecule has 0 heterocycles. The lowest BCUT2D eigenvalue weighted by atomic mass is 9.56. The molecule has 0 spiro atoms. The molecule has 0 saturated heterocycles. The Labute approximate surface area is 126 Å². The fourth-order valence-corrected chi connectivity index (χ4v) is 3.82. The van der Waals surface area contributed by atoms with Gasteiger partial charge in [0.05, 0.1) is 23.4 Å². The molecule has 0 amide bonds. The van der Waals surface area contributed by atoms with Gasteiger partial charge in [-0.2, -0.15) is 15.8 Å². The summed E-state index contributed by atoms with van der Waals surface area (Å²) in [5.41, 5.74) is 6.25. The minimum Gasteiger partial charge on any atom is -0.399 e. The largest absolute Gasteiger partial charge is 0.399 e. The minimum atomic E-state index is -1.36. The highest BCUT2D eigenvalue weighted by Gasteiger charge is 2.52. The normalized spacial score (nSPS) is 30.4. The average molecular weight is 280 g/mol. The molecule has 0 bridgehead atoms. The van der Waals surface area contributed by atoms with Gasteiger partial charge in [-0.1, -0.05) is 26.3 Å². The Bertz CT molecular complexity index is 607. The number of allylic oxidation sites excluding steroid dienone is 4. The third-order valence-corrected chi connectivity index (χ3v) is 4.88. The first-order valence-electron chi connectivity index (χ1n) is 7.48. The van der Waals surface area contributed by atoms with E-state index in [2.05, 4.69) is 38.1 Å². The van der Waals surface area contributed by atoms with E-state index in [1.807, 2.05) is 0 Å². The molecule has 0 aromatic heterocycles. The highest BCUT2D eigenvalue weighted by atomic mass is 14.7. The summed E-state index contributed by atoms with van der Waals surface area (Å²) in [7, 11) is 0. The molecule has 3 unspecified atom stereocenters. The molecule has 4 heteroatoms. The second-order valence-corrected chi connectivity index (χ2v) is 6.17. The smallest absolute Gasteiger partial charge is 0.187 e. The summed E-state index contributed by atoms with van der Waals surface area (Å²) in [5, 5.41) is 28.8. The first-order valence-corrected chi connectivity index (χ1v) is 7.48. The van der Waals surface area contributed by atoms with E-state index in [4.69, 9.17) is 5.73 Å². The maximum Gasteiger partial charge on any atom is 0.187 e. The van der Waals surface area contributed by atoms with E-state index in [1.54, 1.807) is 0 Å². The molecule has 0 aromatic rings. The van der Waals surface area contributed by atoms with Crippen molar-refractivity contribution in [2.24, 2.45) is 28.9 Å². The van der Waals surface area contributed by atoms with Crippen LogP contribution in [0.4, 0.5) is 0 Å².